The number of anilines is 1. The van der Waals surface area contributed by atoms with E-state index >= 15 is 0 Å². The second kappa shape index (κ2) is 13.5. The number of rotatable bonds is 11. The van der Waals surface area contributed by atoms with E-state index in [0.29, 0.717) is 42.6 Å². The Balaban J connectivity index is 1.59. The highest BCUT2D eigenvalue weighted by atomic mass is 16.5. The summed E-state index contributed by atoms with van der Waals surface area (Å²) in [7, 11) is 3.94. The smallest absolute Gasteiger partial charge is 0.411 e. The quantitative estimate of drug-likeness (QED) is 0.440. The van der Waals surface area contributed by atoms with Gasteiger partial charge in [0.05, 0.1) is 25.9 Å². The highest BCUT2D eigenvalue weighted by molar-refractivity contribution is 5.95. The van der Waals surface area contributed by atoms with E-state index < -0.39 is 6.09 Å². The predicted octanol–water partition coefficient (Wildman–Crippen LogP) is 4.59. The van der Waals surface area contributed by atoms with E-state index in [0.717, 1.165) is 24.9 Å². The number of hydrazine groups is 1. The van der Waals surface area contributed by atoms with Gasteiger partial charge >= 0.3 is 6.09 Å². The maximum absolute atomic E-state index is 13.1. The Morgan fingerprint density at radius 1 is 1.06 bits per heavy atom. The van der Waals surface area contributed by atoms with Gasteiger partial charge in [0.25, 0.3) is 5.91 Å². The summed E-state index contributed by atoms with van der Waals surface area (Å²) in [5.41, 5.74) is 5.32. The molecule has 0 radical (unpaired) electrons. The van der Waals surface area contributed by atoms with E-state index in [2.05, 4.69) is 10.7 Å². The van der Waals surface area contributed by atoms with E-state index in [4.69, 9.17) is 14.2 Å². The summed E-state index contributed by atoms with van der Waals surface area (Å²) < 4.78 is 16.6. The largest absolute Gasteiger partial charge is 0.490 e. The third kappa shape index (κ3) is 7.73. The van der Waals surface area contributed by atoms with Crippen molar-refractivity contribution in [2.45, 2.75) is 32.7 Å². The van der Waals surface area contributed by atoms with E-state index in [1.165, 1.54) is 5.01 Å². The normalized spacial score (nSPS) is 15.0. The first-order valence-electron chi connectivity index (χ1n) is 12.3. The third-order valence-electron chi connectivity index (χ3n) is 5.47. The average molecular weight is 497 g/mol. The fraction of sp³-hybridized carbons (Fsp3) is 0.407. The lowest BCUT2D eigenvalue weighted by Crippen LogP contribution is -2.43. The maximum Gasteiger partial charge on any atom is 0.411 e. The van der Waals surface area contributed by atoms with E-state index in [9.17, 15) is 9.59 Å². The number of benzene rings is 2. The van der Waals surface area contributed by atoms with Crippen molar-refractivity contribution in [2.75, 3.05) is 45.8 Å². The summed E-state index contributed by atoms with van der Waals surface area (Å²) in [6.45, 7) is 6.14. The van der Waals surface area contributed by atoms with Gasteiger partial charge in [-0.05, 0) is 82.7 Å². The Morgan fingerprint density at radius 2 is 1.78 bits per heavy atom. The molecule has 2 N–H and O–H groups in total. The molecule has 0 aliphatic carbocycles. The van der Waals surface area contributed by atoms with Gasteiger partial charge in [0.15, 0.2) is 11.5 Å². The van der Waals surface area contributed by atoms with Crippen LogP contribution < -0.4 is 20.2 Å². The second-order valence-corrected chi connectivity index (χ2v) is 8.54. The Morgan fingerprint density at radius 3 is 2.47 bits per heavy atom. The zero-order valence-corrected chi connectivity index (χ0v) is 21.5. The van der Waals surface area contributed by atoms with Crippen LogP contribution in [-0.4, -0.2) is 62.4 Å². The Hall–Kier alpha value is -3.56. The molecule has 1 aliphatic rings. The summed E-state index contributed by atoms with van der Waals surface area (Å²) in [5, 5.41) is 4.16. The molecular weight excluding hydrogens is 460 g/mol. The van der Waals surface area contributed by atoms with Crippen molar-refractivity contribution >= 4 is 17.7 Å². The fourth-order valence-corrected chi connectivity index (χ4v) is 3.72. The van der Waals surface area contributed by atoms with Gasteiger partial charge in [-0.2, -0.15) is 0 Å². The Bertz CT molecular complexity index is 1040. The van der Waals surface area contributed by atoms with Crippen LogP contribution in [0, 0.1) is 0 Å². The molecule has 9 heteroatoms. The van der Waals surface area contributed by atoms with Crippen LogP contribution in [-0.2, 0) is 4.74 Å². The molecule has 1 aliphatic heterocycles. The molecule has 0 saturated heterocycles. The average Bonchev–Trinajstić information content (AvgIpc) is 2.88. The molecule has 2 aromatic rings. The van der Waals surface area contributed by atoms with Crippen molar-refractivity contribution < 1.29 is 23.8 Å². The highest BCUT2D eigenvalue weighted by Crippen LogP contribution is 2.32. The van der Waals surface area contributed by atoms with Crippen molar-refractivity contribution in [3.8, 4) is 11.5 Å². The Kier molecular flexibility index (Phi) is 10.1. The third-order valence-corrected chi connectivity index (χ3v) is 5.47. The molecule has 0 bridgehead atoms. The number of carbonyl (C=O) groups excluding carboxylic acids is 2. The zero-order valence-electron chi connectivity index (χ0n) is 21.5. The van der Waals surface area contributed by atoms with Crippen molar-refractivity contribution in [1.29, 1.82) is 0 Å². The summed E-state index contributed by atoms with van der Waals surface area (Å²) >= 11 is 0. The molecule has 194 valence electrons. The minimum absolute atomic E-state index is 0.1000. The topological polar surface area (TPSA) is 92.4 Å². The van der Waals surface area contributed by atoms with Crippen LogP contribution in [0.3, 0.4) is 0 Å². The van der Waals surface area contributed by atoms with Gasteiger partial charge in [-0.25, -0.2) is 15.2 Å². The standard InChI is InChI=1S/C27H36N4O5/c1-5-34-24-15-12-21(19-25(24)35-6-2)23-9-7-17-31(29-23)26(32)20-10-13-22(14-11-20)28-27(33)36-18-8-16-30(3)4/h7,10-15,17,19,23,29H,5-6,8-9,16,18H2,1-4H3,(H,28,33). The first-order chi connectivity index (χ1) is 17.4. The second-order valence-electron chi connectivity index (χ2n) is 8.54. The molecule has 2 aromatic carbocycles. The van der Waals surface area contributed by atoms with Gasteiger partial charge in [-0.3, -0.25) is 10.1 Å². The molecule has 1 atom stereocenters. The summed E-state index contributed by atoms with van der Waals surface area (Å²) in [6, 6.07) is 12.4. The maximum atomic E-state index is 13.1. The number of hydrogen-bond donors (Lipinski definition) is 2. The van der Waals surface area contributed by atoms with Crippen LogP contribution in [0.2, 0.25) is 0 Å². The molecule has 1 unspecified atom stereocenters. The zero-order chi connectivity index (χ0) is 25.9. The lowest BCUT2D eigenvalue weighted by Gasteiger charge is -2.30. The fourth-order valence-electron chi connectivity index (χ4n) is 3.72. The summed E-state index contributed by atoms with van der Waals surface area (Å²) in [5.74, 6) is 1.18. The van der Waals surface area contributed by atoms with Gasteiger partial charge in [-0.15, -0.1) is 0 Å². The molecule has 3 rings (SSSR count). The number of nitrogens with zero attached hydrogens (tertiary/aromatic N) is 2. The van der Waals surface area contributed by atoms with Gasteiger partial charge in [0, 0.05) is 24.0 Å². The van der Waals surface area contributed by atoms with Crippen LogP contribution in [0.5, 0.6) is 11.5 Å². The molecule has 0 spiro atoms. The van der Waals surface area contributed by atoms with Crippen LogP contribution in [0.1, 0.15) is 48.7 Å². The van der Waals surface area contributed by atoms with Crippen molar-refractivity contribution in [3.05, 3.63) is 65.9 Å². The molecular formula is C27H36N4O5. The molecule has 0 saturated carbocycles. The number of amides is 2. The lowest BCUT2D eigenvalue weighted by atomic mass is 10.0. The minimum Gasteiger partial charge on any atom is -0.490 e. The number of ether oxygens (including phenoxy) is 3. The number of carbonyl (C=O) groups is 2. The monoisotopic (exact) mass is 496 g/mol. The predicted molar refractivity (Wildman–Crippen MR) is 139 cm³/mol. The van der Waals surface area contributed by atoms with Crippen molar-refractivity contribution in [3.63, 3.8) is 0 Å². The lowest BCUT2D eigenvalue weighted by molar-refractivity contribution is 0.0713. The van der Waals surface area contributed by atoms with Crippen LogP contribution in [0.25, 0.3) is 0 Å². The van der Waals surface area contributed by atoms with Crippen LogP contribution >= 0.6 is 0 Å². The number of hydrogen-bond acceptors (Lipinski definition) is 7. The van der Waals surface area contributed by atoms with E-state index in [1.54, 1.807) is 30.5 Å². The van der Waals surface area contributed by atoms with Gasteiger partial charge in [-0.1, -0.05) is 12.1 Å². The molecule has 9 nitrogen and oxygen atoms in total. The van der Waals surface area contributed by atoms with Gasteiger partial charge < -0.3 is 19.1 Å². The minimum atomic E-state index is -0.516. The Labute approximate surface area is 213 Å². The summed E-state index contributed by atoms with van der Waals surface area (Å²) in [4.78, 5) is 27.1. The van der Waals surface area contributed by atoms with Crippen LogP contribution in [0.15, 0.2) is 54.7 Å². The molecule has 1 heterocycles. The molecule has 0 aromatic heterocycles. The first kappa shape index (κ1) is 27.0. The number of nitrogens with one attached hydrogen (secondary N) is 2. The van der Waals surface area contributed by atoms with Gasteiger partial charge in [0.1, 0.15) is 0 Å². The SMILES string of the molecule is CCOc1ccc(C2CC=CN(C(=O)c3ccc(NC(=O)OCCCN(C)C)cc3)N2)cc1OCC. The molecule has 2 amide bonds. The van der Waals surface area contributed by atoms with E-state index in [-0.39, 0.29) is 11.9 Å². The van der Waals surface area contributed by atoms with E-state index in [1.807, 2.05) is 57.1 Å². The first-order valence-corrected chi connectivity index (χ1v) is 12.3. The molecule has 36 heavy (non-hydrogen) atoms. The van der Waals surface area contributed by atoms with Crippen LogP contribution in [0.4, 0.5) is 10.5 Å². The molecule has 0 fully saturated rings. The summed E-state index contributed by atoms with van der Waals surface area (Å²) in [6.07, 6.45) is 4.65. The highest BCUT2D eigenvalue weighted by Gasteiger charge is 2.23. The van der Waals surface area contributed by atoms with Crippen molar-refractivity contribution in [2.24, 2.45) is 0 Å². The van der Waals surface area contributed by atoms with Crippen molar-refractivity contribution in [1.82, 2.24) is 15.3 Å². The van der Waals surface area contributed by atoms with Gasteiger partial charge in [0.2, 0.25) is 0 Å².